The maximum Gasteiger partial charge on any atom is 0.128 e. The number of aromatic nitrogens is 1. The van der Waals surface area contributed by atoms with E-state index >= 15 is 0 Å². The molecule has 0 aliphatic carbocycles. The number of methoxy groups -OCH3 is 1. The number of benzene rings is 1. The van der Waals surface area contributed by atoms with E-state index in [1.54, 1.807) is 18.3 Å². The Labute approximate surface area is 110 Å². The standard InChI is InChI=1S/C14H14N2O3/c1-19-11-5-6-12(14(17)9-11)13(16-18)8-10-4-2-3-7-15-10/h2-7,9,17-18H,8H2,1H3. The average Bonchev–Trinajstić information content (AvgIpc) is 2.46. The molecule has 2 aromatic rings. The van der Waals surface area contributed by atoms with E-state index in [2.05, 4.69) is 10.1 Å². The minimum atomic E-state index is 0.00285. The largest absolute Gasteiger partial charge is 0.507 e. The molecule has 0 aliphatic heterocycles. The van der Waals surface area contributed by atoms with Crippen molar-refractivity contribution in [2.45, 2.75) is 6.42 Å². The smallest absolute Gasteiger partial charge is 0.128 e. The van der Waals surface area contributed by atoms with Gasteiger partial charge in [-0.15, -0.1) is 0 Å². The number of phenolic OH excluding ortho intramolecular Hbond substituents is 1. The van der Waals surface area contributed by atoms with Gasteiger partial charge in [0.15, 0.2) is 0 Å². The number of phenols is 1. The van der Waals surface area contributed by atoms with Gasteiger partial charge in [0, 0.05) is 29.9 Å². The Morgan fingerprint density at radius 3 is 2.74 bits per heavy atom. The van der Waals surface area contributed by atoms with E-state index in [1.807, 2.05) is 18.2 Å². The lowest BCUT2D eigenvalue weighted by atomic mass is 10.0. The van der Waals surface area contributed by atoms with Crippen LogP contribution in [0.25, 0.3) is 0 Å². The summed E-state index contributed by atoms with van der Waals surface area (Å²) in [7, 11) is 1.52. The monoisotopic (exact) mass is 258 g/mol. The van der Waals surface area contributed by atoms with Gasteiger partial charge in [-0.3, -0.25) is 4.98 Å². The molecular formula is C14H14N2O3. The van der Waals surface area contributed by atoms with Crippen molar-refractivity contribution < 1.29 is 15.1 Å². The van der Waals surface area contributed by atoms with Gasteiger partial charge in [0.25, 0.3) is 0 Å². The lowest BCUT2D eigenvalue weighted by molar-refractivity contribution is 0.318. The summed E-state index contributed by atoms with van der Waals surface area (Å²) >= 11 is 0. The second-order valence-corrected chi connectivity index (χ2v) is 3.93. The van der Waals surface area contributed by atoms with E-state index in [0.717, 1.165) is 5.69 Å². The molecular weight excluding hydrogens is 244 g/mol. The van der Waals surface area contributed by atoms with Crippen LogP contribution in [0.1, 0.15) is 11.3 Å². The molecule has 0 saturated heterocycles. The van der Waals surface area contributed by atoms with E-state index in [1.165, 1.54) is 13.2 Å². The van der Waals surface area contributed by atoms with Crippen LogP contribution in [-0.4, -0.2) is 28.1 Å². The molecule has 0 saturated carbocycles. The zero-order valence-corrected chi connectivity index (χ0v) is 10.4. The van der Waals surface area contributed by atoms with Gasteiger partial charge >= 0.3 is 0 Å². The molecule has 0 spiro atoms. The van der Waals surface area contributed by atoms with Gasteiger partial charge in [-0.25, -0.2) is 0 Å². The summed E-state index contributed by atoms with van der Waals surface area (Å²) in [6, 6.07) is 10.3. The maximum atomic E-state index is 9.91. The second kappa shape index (κ2) is 5.86. The fourth-order valence-electron chi connectivity index (χ4n) is 1.74. The Bertz CT molecular complexity index is 582. The van der Waals surface area contributed by atoms with Crippen molar-refractivity contribution in [1.82, 2.24) is 4.98 Å². The number of hydrogen-bond acceptors (Lipinski definition) is 5. The minimum absolute atomic E-state index is 0.00285. The lowest BCUT2D eigenvalue weighted by Crippen LogP contribution is -2.07. The molecule has 5 nitrogen and oxygen atoms in total. The van der Waals surface area contributed by atoms with E-state index in [0.29, 0.717) is 23.4 Å². The number of hydrogen-bond donors (Lipinski definition) is 2. The van der Waals surface area contributed by atoms with Crippen LogP contribution >= 0.6 is 0 Å². The predicted octanol–water partition coefficient (Wildman–Crippen LogP) is 2.22. The third kappa shape index (κ3) is 3.01. The summed E-state index contributed by atoms with van der Waals surface area (Å²) in [5.74, 6) is 0.541. The van der Waals surface area contributed by atoms with Crippen LogP contribution in [0.15, 0.2) is 47.8 Å². The van der Waals surface area contributed by atoms with Gasteiger partial charge in [0.05, 0.1) is 12.8 Å². The Morgan fingerprint density at radius 2 is 2.16 bits per heavy atom. The maximum absolute atomic E-state index is 9.91. The lowest BCUT2D eigenvalue weighted by Gasteiger charge is -2.08. The van der Waals surface area contributed by atoms with Crippen molar-refractivity contribution in [2.75, 3.05) is 7.11 Å². The molecule has 0 amide bonds. The van der Waals surface area contributed by atoms with Gasteiger partial charge in [-0.2, -0.15) is 0 Å². The zero-order valence-electron chi connectivity index (χ0n) is 10.4. The molecule has 5 heteroatoms. The summed E-state index contributed by atoms with van der Waals surface area (Å²) < 4.78 is 5.01. The molecule has 2 N–H and O–H groups in total. The first-order valence-corrected chi connectivity index (χ1v) is 5.73. The van der Waals surface area contributed by atoms with E-state index in [-0.39, 0.29) is 5.75 Å². The number of nitrogens with zero attached hydrogens (tertiary/aromatic N) is 2. The summed E-state index contributed by atoms with van der Waals surface area (Å²) in [4.78, 5) is 4.16. The number of ether oxygens (including phenoxy) is 1. The van der Waals surface area contributed by atoms with E-state index < -0.39 is 0 Å². The number of aromatic hydroxyl groups is 1. The highest BCUT2D eigenvalue weighted by molar-refractivity contribution is 6.03. The van der Waals surface area contributed by atoms with Crippen molar-refractivity contribution in [3.8, 4) is 11.5 Å². The van der Waals surface area contributed by atoms with Crippen LogP contribution in [0.3, 0.4) is 0 Å². The van der Waals surface area contributed by atoms with Gasteiger partial charge < -0.3 is 15.1 Å². The molecule has 2 rings (SSSR count). The molecule has 1 heterocycles. The van der Waals surface area contributed by atoms with Crippen molar-refractivity contribution in [3.63, 3.8) is 0 Å². The average molecular weight is 258 g/mol. The Kier molecular flexibility index (Phi) is 3.97. The Hall–Kier alpha value is -2.56. The fourth-order valence-corrected chi connectivity index (χ4v) is 1.74. The number of pyridine rings is 1. The van der Waals surface area contributed by atoms with Crippen LogP contribution in [0.2, 0.25) is 0 Å². The molecule has 0 radical (unpaired) electrons. The van der Waals surface area contributed by atoms with Crippen LogP contribution in [0.4, 0.5) is 0 Å². The molecule has 0 atom stereocenters. The predicted molar refractivity (Wildman–Crippen MR) is 70.9 cm³/mol. The SMILES string of the molecule is COc1ccc(C(Cc2ccccn2)=NO)c(O)c1. The van der Waals surface area contributed by atoms with E-state index in [4.69, 9.17) is 9.94 Å². The fraction of sp³-hybridized carbons (Fsp3) is 0.143. The molecule has 0 fully saturated rings. The normalized spacial score (nSPS) is 11.3. The third-order valence-corrected chi connectivity index (χ3v) is 2.71. The minimum Gasteiger partial charge on any atom is -0.507 e. The van der Waals surface area contributed by atoms with E-state index in [9.17, 15) is 5.11 Å². The van der Waals surface area contributed by atoms with Crippen molar-refractivity contribution >= 4 is 5.71 Å². The Balaban J connectivity index is 2.28. The second-order valence-electron chi connectivity index (χ2n) is 3.93. The topological polar surface area (TPSA) is 74.9 Å². The van der Waals surface area contributed by atoms with Gasteiger partial charge in [0.1, 0.15) is 11.5 Å². The molecule has 1 aromatic carbocycles. The Morgan fingerprint density at radius 1 is 1.32 bits per heavy atom. The molecule has 1 aromatic heterocycles. The molecule has 98 valence electrons. The zero-order chi connectivity index (χ0) is 13.7. The summed E-state index contributed by atoms with van der Waals surface area (Å²) in [5, 5.41) is 22.3. The highest BCUT2D eigenvalue weighted by Gasteiger charge is 2.12. The van der Waals surface area contributed by atoms with Crippen LogP contribution in [-0.2, 0) is 6.42 Å². The van der Waals surface area contributed by atoms with Crippen LogP contribution < -0.4 is 4.74 Å². The van der Waals surface area contributed by atoms with Gasteiger partial charge in [-0.1, -0.05) is 11.2 Å². The first-order valence-electron chi connectivity index (χ1n) is 5.73. The number of oxime groups is 1. The molecule has 0 unspecified atom stereocenters. The summed E-state index contributed by atoms with van der Waals surface area (Å²) in [6.45, 7) is 0. The first-order chi connectivity index (χ1) is 9.24. The van der Waals surface area contributed by atoms with Crippen molar-refractivity contribution in [1.29, 1.82) is 0 Å². The van der Waals surface area contributed by atoms with Crippen LogP contribution in [0, 0.1) is 0 Å². The molecule has 0 bridgehead atoms. The molecule has 19 heavy (non-hydrogen) atoms. The van der Waals surface area contributed by atoms with Gasteiger partial charge in [0.2, 0.25) is 0 Å². The molecule has 0 aliphatic rings. The van der Waals surface area contributed by atoms with Gasteiger partial charge in [-0.05, 0) is 24.3 Å². The third-order valence-electron chi connectivity index (χ3n) is 2.71. The number of rotatable bonds is 4. The highest BCUT2D eigenvalue weighted by Crippen LogP contribution is 2.24. The first kappa shape index (κ1) is 12.9. The van der Waals surface area contributed by atoms with Crippen molar-refractivity contribution in [2.24, 2.45) is 5.16 Å². The van der Waals surface area contributed by atoms with Crippen molar-refractivity contribution in [3.05, 3.63) is 53.9 Å². The highest BCUT2D eigenvalue weighted by atomic mass is 16.5. The summed E-state index contributed by atoms with van der Waals surface area (Å²) in [5.41, 5.74) is 1.55. The quantitative estimate of drug-likeness (QED) is 0.501. The summed E-state index contributed by atoms with van der Waals surface area (Å²) in [6.07, 6.45) is 2.00. The van der Waals surface area contributed by atoms with Crippen LogP contribution in [0.5, 0.6) is 11.5 Å².